The zero-order valence-corrected chi connectivity index (χ0v) is 16.3. The largest absolute Gasteiger partial charge is 0.487 e. The van der Waals surface area contributed by atoms with Gasteiger partial charge >= 0.3 is 5.97 Å². The predicted molar refractivity (Wildman–Crippen MR) is 106 cm³/mol. The molecule has 3 heterocycles. The molecule has 0 radical (unpaired) electrons. The fourth-order valence-corrected chi connectivity index (χ4v) is 5.14. The van der Waals surface area contributed by atoms with Gasteiger partial charge in [-0.2, -0.15) is 0 Å². The molecule has 2 aliphatic heterocycles. The molecule has 2 aromatic rings. The van der Waals surface area contributed by atoms with Gasteiger partial charge < -0.3 is 20.5 Å². The van der Waals surface area contributed by atoms with Crippen molar-refractivity contribution in [2.75, 3.05) is 24.6 Å². The van der Waals surface area contributed by atoms with Gasteiger partial charge in [-0.05, 0) is 50.7 Å². The number of pyridine rings is 1. The van der Waals surface area contributed by atoms with Crippen LogP contribution in [0.25, 0.3) is 10.9 Å². The molecular weight excluding hydrogens is 377 g/mol. The number of ether oxygens (including phenoxy) is 1. The molecule has 2 atom stereocenters. The number of aromatic nitrogens is 1. The third kappa shape index (κ3) is 2.58. The van der Waals surface area contributed by atoms with E-state index in [4.69, 9.17) is 10.5 Å². The third-order valence-corrected chi connectivity index (χ3v) is 6.94. The molecule has 1 aliphatic carbocycles. The fraction of sp³-hybridized carbons (Fsp3) is 0.524. The Bertz CT molecular complexity index is 1090. The summed E-state index contributed by atoms with van der Waals surface area (Å²) in [6.07, 6.45) is 4.05. The van der Waals surface area contributed by atoms with E-state index in [0.29, 0.717) is 41.3 Å². The minimum absolute atomic E-state index is 0.160. The van der Waals surface area contributed by atoms with Crippen molar-refractivity contribution in [3.05, 3.63) is 33.9 Å². The van der Waals surface area contributed by atoms with Gasteiger partial charge in [0.25, 0.3) is 5.56 Å². The maximum Gasteiger partial charge on any atom is 0.341 e. The van der Waals surface area contributed by atoms with Crippen molar-refractivity contribution in [2.24, 2.45) is 11.7 Å². The highest BCUT2D eigenvalue weighted by molar-refractivity contribution is 5.97. The first-order valence-corrected chi connectivity index (χ1v) is 10.1. The number of anilines is 1. The Morgan fingerprint density at radius 1 is 1.38 bits per heavy atom. The maximum atomic E-state index is 15.2. The van der Waals surface area contributed by atoms with E-state index in [-0.39, 0.29) is 23.8 Å². The van der Waals surface area contributed by atoms with Crippen LogP contribution in [0.3, 0.4) is 0 Å². The summed E-state index contributed by atoms with van der Waals surface area (Å²) < 4.78 is 22.6. The lowest BCUT2D eigenvalue weighted by molar-refractivity contribution is 0.0694. The number of nitrogens with two attached hydrogens (primary N) is 1. The number of hydrogen-bond acceptors (Lipinski definition) is 5. The summed E-state index contributed by atoms with van der Waals surface area (Å²) in [7, 11) is 0. The van der Waals surface area contributed by atoms with Gasteiger partial charge in [0.05, 0.1) is 11.6 Å². The number of carboxylic acids is 1. The molecule has 1 saturated carbocycles. The number of carboxylic acid groups (broad SMARTS) is 1. The van der Waals surface area contributed by atoms with Crippen molar-refractivity contribution in [1.29, 1.82) is 0 Å². The van der Waals surface area contributed by atoms with E-state index >= 15 is 4.39 Å². The number of benzene rings is 1. The average molecular weight is 401 g/mol. The second-order valence-electron chi connectivity index (χ2n) is 8.69. The lowest BCUT2D eigenvalue weighted by atomic mass is 9.68. The molecule has 0 amide bonds. The Morgan fingerprint density at radius 2 is 2.14 bits per heavy atom. The SMILES string of the molecule is C[C@H]1COc2c(N3CC[C@@H](C4(N)CCC4)C3)c(F)cc3cc(C(=O)O)c(=O)n1c23. The summed E-state index contributed by atoms with van der Waals surface area (Å²) in [5.41, 5.74) is 6.22. The van der Waals surface area contributed by atoms with Gasteiger partial charge in [0.1, 0.15) is 17.9 Å². The molecule has 0 spiro atoms. The van der Waals surface area contributed by atoms with Crippen LogP contribution in [-0.2, 0) is 0 Å². The first kappa shape index (κ1) is 18.4. The first-order chi connectivity index (χ1) is 13.8. The van der Waals surface area contributed by atoms with Gasteiger partial charge in [0, 0.05) is 24.0 Å². The molecule has 29 heavy (non-hydrogen) atoms. The van der Waals surface area contributed by atoms with Crippen LogP contribution in [0.2, 0.25) is 0 Å². The summed E-state index contributed by atoms with van der Waals surface area (Å²) in [5, 5.41) is 9.75. The molecule has 1 aromatic heterocycles. The van der Waals surface area contributed by atoms with Crippen molar-refractivity contribution in [2.45, 2.75) is 44.2 Å². The molecule has 2 fully saturated rings. The lowest BCUT2D eigenvalue weighted by Crippen LogP contribution is -2.53. The standard InChI is InChI=1S/C21H24FN3O4/c1-11-10-29-18-16-12(7-14(20(27)28)19(26)25(11)16)8-15(22)17(18)24-6-3-13(9-24)21(23)4-2-5-21/h7-8,11,13H,2-6,9-10,23H2,1H3,(H,27,28)/t11-,13+/m0/s1. The Morgan fingerprint density at radius 3 is 2.79 bits per heavy atom. The zero-order valence-electron chi connectivity index (χ0n) is 16.3. The highest BCUT2D eigenvalue weighted by Gasteiger charge is 2.44. The molecule has 5 rings (SSSR count). The molecular formula is C21H24FN3O4. The van der Waals surface area contributed by atoms with Crippen LogP contribution in [0.4, 0.5) is 10.1 Å². The number of aromatic carboxylic acids is 1. The van der Waals surface area contributed by atoms with E-state index in [1.807, 2.05) is 4.90 Å². The quantitative estimate of drug-likeness (QED) is 0.820. The molecule has 3 N–H and O–H groups in total. The van der Waals surface area contributed by atoms with Crippen LogP contribution >= 0.6 is 0 Å². The fourth-order valence-electron chi connectivity index (χ4n) is 5.14. The van der Waals surface area contributed by atoms with E-state index in [2.05, 4.69) is 0 Å². The Labute approximate surface area is 166 Å². The van der Waals surface area contributed by atoms with E-state index in [1.165, 1.54) is 16.7 Å². The first-order valence-electron chi connectivity index (χ1n) is 10.1. The zero-order chi connectivity index (χ0) is 20.5. The molecule has 0 unspecified atom stereocenters. The molecule has 8 heteroatoms. The van der Waals surface area contributed by atoms with Crippen molar-refractivity contribution in [3.63, 3.8) is 0 Å². The minimum atomic E-state index is -1.32. The topological polar surface area (TPSA) is 97.8 Å². The van der Waals surface area contributed by atoms with Gasteiger partial charge in [-0.1, -0.05) is 0 Å². The summed E-state index contributed by atoms with van der Waals surface area (Å²) in [6, 6.07) is 2.21. The van der Waals surface area contributed by atoms with Crippen LogP contribution in [-0.4, -0.2) is 40.9 Å². The van der Waals surface area contributed by atoms with E-state index < -0.39 is 17.3 Å². The van der Waals surface area contributed by atoms with Gasteiger partial charge in [0.15, 0.2) is 11.6 Å². The van der Waals surface area contributed by atoms with Crippen LogP contribution < -0.4 is 20.9 Å². The number of carbonyl (C=O) groups is 1. The highest BCUT2D eigenvalue weighted by Crippen LogP contribution is 2.46. The summed E-state index contributed by atoms with van der Waals surface area (Å²) in [6.45, 7) is 3.30. The molecule has 154 valence electrons. The van der Waals surface area contributed by atoms with Crippen molar-refractivity contribution in [1.82, 2.24) is 4.57 Å². The van der Waals surface area contributed by atoms with Gasteiger partial charge in [-0.25, -0.2) is 9.18 Å². The Kier molecular flexibility index (Phi) is 3.93. The normalized spacial score (nSPS) is 25.0. The Balaban J connectivity index is 1.67. The molecule has 1 aromatic carbocycles. The van der Waals surface area contributed by atoms with Gasteiger partial charge in [0.2, 0.25) is 0 Å². The van der Waals surface area contributed by atoms with Gasteiger partial charge in [-0.3, -0.25) is 9.36 Å². The summed E-state index contributed by atoms with van der Waals surface area (Å²) in [5.74, 6) is -1.16. The summed E-state index contributed by atoms with van der Waals surface area (Å²) >= 11 is 0. The number of hydrogen-bond donors (Lipinski definition) is 2. The van der Waals surface area contributed by atoms with Crippen LogP contribution in [0.1, 0.15) is 49.0 Å². The maximum absolute atomic E-state index is 15.2. The number of rotatable bonds is 3. The smallest absolute Gasteiger partial charge is 0.341 e. The number of halogens is 1. The monoisotopic (exact) mass is 401 g/mol. The third-order valence-electron chi connectivity index (χ3n) is 6.94. The van der Waals surface area contributed by atoms with Crippen molar-refractivity contribution in [3.8, 4) is 5.75 Å². The molecule has 7 nitrogen and oxygen atoms in total. The van der Waals surface area contributed by atoms with Crippen molar-refractivity contribution < 1.29 is 19.0 Å². The second kappa shape index (κ2) is 6.19. The minimum Gasteiger partial charge on any atom is -0.487 e. The van der Waals surface area contributed by atoms with Gasteiger partial charge in [-0.15, -0.1) is 0 Å². The molecule has 0 bridgehead atoms. The van der Waals surface area contributed by atoms with Crippen molar-refractivity contribution >= 4 is 22.6 Å². The number of nitrogens with zero attached hydrogens (tertiary/aromatic N) is 2. The highest BCUT2D eigenvalue weighted by atomic mass is 19.1. The average Bonchev–Trinajstić information content (AvgIpc) is 3.13. The molecule has 3 aliphatic rings. The van der Waals surface area contributed by atoms with E-state index in [0.717, 1.165) is 25.7 Å². The van der Waals surface area contributed by atoms with Crippen LogP contribution in [0.5, 0.6) is 5.75 Å². The second-order valence-corrected chi connectivity index (χ2v) is 8.69. The van der Waals surface area contributed by atoms with E-state index in [9.17, 15) is 14.7 Å². The Hall–Kier alpha value is -2.61. The molecule has 1 saturated heterocycles. The van der Waals surface area contributed by atoms with Crippen LogP contribution in [0, 0.1) is 11.7 Å². The van der Waals surface area contributed by atoms with Crippen LogP contribution in [0.15, 0.2) is 16.9 Å². The van der Waals surface area contributed by atoms with E-state index in [1.54, 1.807) is 6.92 Å². The predicted octanol–water partition coefficient (Wildman–Crippen LogP) is 2.50. The summed E-state index contributed by atoms with van der Waals surface area (Å²) in [4.78, 5) is 26.3. The lowest BCUT2D eigenvalue weighted by Gasteiger charge is -2.43.